The Hall–Kier alpha value is 0.328. The molecule has 0 fully saturated rings. The van der Waals surface area contributed by atoms with E-state index in [1.54, 1.807) is 0 Å². The van der Waals surface area contributed by atoms with Crippen molar-refractivity contribution in [2.75, 3.05) is 0 Å². The van der Waals surface area contributed by atoms with Gasteiger partial charge in [-0.25, -0.2) is 0 Å². The fraction of sp³-hybridized carbons (Fsp3) is 0. The monoisotopic (exact) mass is 166 g/mol. The van der Waals surface area contributed by atoms with Gasteiger partial charge in [0.1, 0.15) is 0 Å². The average Bonchev–Trinajstić information content (AvgIpc) is 0.722. The maximum atomic E-state index is 9.75. The fourth-order valence-electron chi connectivity index (χ4n) is 0. The quantitative estimate of drug-likeness (QED) is 0.348. The Kier molecular flexibility index (Phi) is 3.98. The third kappa shape index (κ3) is 446. The number of rotatable bonds is 0. The summed E-state index contributed by atoms with van der Waals surface area (Å²) >= 11 is 0. The van der Waals surface area contributed by atoms with E-state index in [4.69, 9.17) is 0 Å². The van der Waals surface area contributed by atoms with E-state index in [0.717, 1.165) is 0 Å². The molecule has 0 N–H and O–H groups in total. The van der Waals surface area contributed by atoms with E-state index in [1.807, 2.05) is 0 Å². The van der Waals surface area contributed by atoms with Crippen molar-refractivity contribution in [1.29, 1.82) is 0 Å². The minimum absolute atomic E-state index is 0. The Morgan fingerprint density at radius 3 is 1.00 bits per heavy atom. The Bertz CT molecular complexity index is 27.2. The second kappa shape index (κ2) is 2.49. The summed E-state index contributed by atoms with van der Waals surface area (Å²) in [6.45, 7) is 0. The first-order valence-corrected chi connectivity index (χ1v) is 0.873. The molecule has 0 rings (SSSR count). The maximum Gasteiger partial charge on any atom is 1.00 e. The molecular weight excluding hydrogens is 159 g/mol. The largest absolute Gasteiger partial charge is 1.00 e. The molecule has 0 heterocycles. The number of hydrogen-bond acceptors (Lipinski definition) is 0. The van der Waals surface area contributed by atoms with Crippen LogP contribution < -0.4 is 0 Å². The molecule has 0 unspecified atom stereocenters. The van der Waals surface area contributed by atoms with E-state index in [0.29, 0.717) is 0 Å². The molecule has 6 heteroatoms. The standard InChI is InChI=1S/BF4.GeH4/c2-1(3,4)5;/h;1H4/q-1;/p+1. The van der Waals surface area contributed by atoms with Crippen molar-refractivity contribution in [2.24, 2.45) is 0 Å². The summed E-state index contributed by atoms with van der Waals surface area (Å²) in [6.07, 6.45) is 0. The molecule has 0 aromatic heterocycles. The molecule has 0 aromatic carbocycles. The van der Waals surface area contributed by atoms with E-state index in [-0.39, 0.29) is 19.0 Å². The summed E-state index contributed by atoms with van der Waals surface area (Å²) in [4.78, 5) is 0. The first-order chi connectivity index (χ1) is 2.00. The van der Waals surface area contributed by atoms with Gasteiger partial charge in [0.05, 0.1) is 0 Å². The first-order valence-electron chi connectivity index (χ1n) is 0.873. The topological polar surface area (TPSA) is 0 Å². The summed E-state index contributed by atoms with van der Waals surface area (Å²) in [5, 5.41) is 0. The van der Waals surface area contributed by atoms with Gasteiger partial charge in [-0.2, -0.15) is 0 Å². The van der Waals surface area contributed by atoms with E-state index in [1.165, 1.54) is 0 Å². The maximum absolute atomic E-state index is 9.75. The molecule has 6 heavy (non-hydrogen) atoms. The molecular formula is H5BF4Ge. The van der Waals surface area contributed by atoms with Gasteiger partial charge in [-0.05, 0) is 0 Å². The van der Waals surface area contributed by atoms with Crippen molar-refractivity contribution in [3.8, 4) is 0 Å². The van der Waals surface area contributed by atoms with Crippen LogP contribution in [0.2, 0.25) is 0 Å². The molecule has 0 saturated heterocycles. The summed E-state index contributed by atoms with van der Waals surface area (Å²) in [6, 6.07) is 0. The SMILES string of the molecule is F[B-](F)(F)F.[GeH4].[H+]. The molecule has 40 valence electrons. The van der Waals surface area contributed by atoms with Crippen LogP contribution in [-0.2, 0) is 0 Å². The second-order valence-electron chi connectivity index (χ2n) is 0.495. The molecule has 0 bridgehead atoms. The minimum Gasteiger partial charge on any atom is 1.00 e. The van der Waals surface area contributed by atoms with Gasteiger partial charge in [0.2, 0.25) is 0 Å². The van der Waals surface area contributed by atoms with Crippen LogP contribution in [0.1, 0.15) is 1.43 Å². The second-order valence-corrected chi connectivity index (χ2v) is 0.495. The van der Waals surface area contributed by atoms with Gasteiger partial charge in [-0.3, -0.25) is 0 Å². The smallest absolute Gasteiger partial charge is 1.00 e. The third-order valence-corrected chi connectivity index (χ3v) is 0. The van der Waals surface area contributed by atoms with Crippen LogP contribution >= 0.6 is 0 Å². The van der Waals surface area contributed by atoms with Crippen molar-refractivity contribution in [3.63, 3.8) is 0 Å². The number of hydrogen-bond donors (Lipinski definition) is 0. The minimum atomic E-state index is -6.00. The molecule has 0 spiro atoms. The summed E-state index contributed by atoms with van der Waals surface area (Å²) in [7, 11) is -6.00. The molecule has 0 saturated carbocycles. The van der Waals surface area contributed by atoms with Crippen LogP contribution in [0.15, 0.2) is 0 Å². The van der Waals surface area contributed by atoms with Crippen LogP contribution in [0.4, 0.5) is 17.3 Å². The zero-order valence-electron chi connectivity index (χ0n) is 3.09. The van der Waals surface area contributed by atoms with E-state index in [2.05, 4.69) is 0 Å². The molecule has 0 nitrogen and oxygen atoms in total. The Morgan fingerprint density at radius 1 is 1.00 bits per heavy atom. The molecule has 0 aromatic rings. The molecule has 0 aliphatic carbocycles. The number of halogens is 4. The first kappa shape index (κ1) is 9.59. The molecule has 0 atom stereocenters. The Labute approximate surface area is 44.5 Å². The molecule has 0 aliphatic rings. The van der Waals surface area contributed by atoms with Gasteiger partial charge in [-0.1, -0.05) is 0 Å². The third-order valence-electron chi connectivity index (χ3n) is 0. The Morgan fingerprint density at radius 2 is 1.00 bits per heavy atom. The predicted octanol–water partition coefficient (Wildman–Crippen LogP) is -0.0391. The van der Waals surface area contributed by atoms with Crippen LogP contribution in [0, 0.1) is 0 Å². The predicted molar refractivity (Wildman–Crippen MR) is 22.6 cm³/mol. The van der Waals surface area contributed by atoms with Gasteiger partial charge in [0.15, 0.2) is 0 Å². The molecule has 0 radical (unpaired) electrons. The van der Waals surface area contributed by atoms with Crippen LogP contribution in [0.25, 0.3) is 0 Å². The van der Waals surface area contributed by atoms with Gasteiger partial charge in [0.25, 0.3) is 0 Å². The van der Waals surface area contributed by atoms with Gasteiger partial charge < -0.3 is 17.3 Å². The van der Waals surface area contributed by atoms with Gasteiger partial charge in [0, 0.05) is 0 Å². The summed E-state index contributed by atoms with van der Waals surface area (Å²) < 4.78 is 39.0. The summed E-state index contributed by atoms with van der Waals surface area (Å²) in [5.74, 6) is 0. The van der Waals surface area contributed by atoms with E-state index in [9.17, 15) is 17.3 Å². The fourth-order valence-corrected chi connectivity index (χ4v) is 0. The molecule has 0 amide bonds. The zero-order valence-corrected chi connectivity index (χ0v) is 2.09. The van der Waals surface area contributed by atoms with Crippen molar-refractivity contribution in [3.05, 3.63) is 0 Å². The summed E-state index contributed by atoms with van der Waals surface area (Å²) in [5.41, 5.74) is 0. The van der Waals surface area contributed by atoms with Crippen molar-refractivity contribution >= 4 is 24.9 Å². The zero-order chi connectivity index (χ0) is 4.50. The van der Waals surface area contributed by atoms with Gasteiger partial charge in [-0.15, -0.1) is 0 Å². The molecule has 0 aliphatic heterocycles. The van der Waals surface area contributed by atoms with Crippen LogP contribution in [-0.4, -0.2) is 24.9 Å². The van der Waals surface area contributed by atoms with Crippen LogP contribution in [0.5, 0.6) is 0 Å². The van der Waals surface area contributed by atoms with E-state index < -0.39 is 7.25 Å². The Balaban J connectivity index is -0.0000000800. The van der Waals surface area contributed by atoms with E-state index >= 15 is 0 Å². The van der Waals surface area contributed by atoms with Crippen molar-refractivity contribution < 1.29 is 18.7 Å². The van der Waals surface area contributed by atoms with Gasteiger partial charge >= 0.3 is 26.3 Å². The van der Waals surface area contributed by atoms with Crippen molar-refractivity contribution in [2.45, 2.75) is 0 Å². The normalized spacial score (nSPS) is 10.0. The van der Waals surface area contributed by atoms with Crippen molar-refractivity contribution in [1.82, 2.24) is 0 Å². The van der Waals surface area contributed by atoms with Crippen LogP contribution in [0.3, 0.4) is 0 Å². The average molecular weight is 164 g/mol.